The number of carbonyl (C=O) groups is 1. The van der Waals surface area contributed by atoms with Gasteiger partial charge in [0.2, 0.25) is 0 Å². The van der Waals surface area contributed by atoms with Crippen LogP contribution in [-0.4, -0.2) is 12.5 Å². The molecule has 3 rings (SSSR count). The Hall–Kier alpha value is -1.68. The molecule has 128 valence electrons. The topological polar surface area (TPSA) is 46.2 Å². The zero-order valence-electron chi connectivity index (χ0n) is 14.6. The first-order chi connectivity index (χ1) is 11.5. The third-order valence-corrected chi connectivity index (χ3v) is 6.07. The Morgan fingerprint density at radius 1 is 1.38 bits per heavy atom. The van der Waals surface area contributed by atoms with Gasteiger partial charge in [-0.25, -0.2) is 0 Å². The molecule has 0 saturated carbocycles. The molecular weight excluding hydrogens is 318 g/mol. The molecule has 1 aromatic carbocycles. The van der Waals surface area contributed by atoms with Gasteiger partial charge in [-0.1, -0.05) is 27.2 Å². The lowest BCUT2D eigenvalue weighted by atomic mass is 9.86. The van der Waals surface area contributed by atoms with Gasteiger partial charge in [-0.05, 0) is 49.3 Å². The van der Waals surface area contributed by atoms with Gasteiger partial charge in [0.05, 0.1) is 0 Å². The maximum Gasteiger partial charge on any atom is 0.251 e. The smallest absolute Gasteiger partial charge is 0.251 e. The first kappa shape index (κ1) is 17.2. The maximum absolute atomic E-state index is 12.8. The summed E-state index contributed by atoms with van der Waals surface area (Å²) in [7, 11) is 0. The van der Waals surface area contributed by atoms with E-state index >= 15 is 0 Å². The monoisotopic (exact) mass is 343 g/mol. The van der Waals surface area contributed by atoms with E-state index in [4.69, 9.17) is 0 Å². The van der Waals surface area contributed by atoms with E-state index in [0.717, 1.165) is 41.3 Å². The fraction of sp³-hybridized carbons (Fsp3) is 0.500. The summed E-state index contributed by atoms with van der Waals surface area (Å²) in [4.78, 5) is 26.3. The number of hydrogen-bond donors (Lipinski definition) is 1. The van der Waals surface area contributed by atoms with Crippen LogP contribution in [0.15, 0.2) is 23.0 Å². The number of carbonyl (C=O) groups excluding carboxylic acids is 1. The second kappa shape index (κ2) is 7.06. The van der Waals surface area contributed by atoms with E-state index in [1.807, 2.05) is 12.1 Å². The molecule has 1 aliphatic carbocycles. The molecule has 1 atom stereocenters. The normalized spacial score (nSPS) is 17.1. The van der Waals surface area contributed by atoms with Gasteiger partial charge >= 0.3 is 0 Å². The van der Waals surface area contributed by atoms with E-state index in [1.54, 1.807) is 17.4 Å². The molecule has 3 nitrogen and oxygen atoms in total. The molecule has 0 radical (unpaired) electrons. The van der Waals surface area contributed by atoms with Crippen molar-refractivity contribution in [3.63, 3.8) is 0 Å². The van der Waals surface area contributed by atoms with Crippen LogP contribution >= 0.6 is 11.3 Å². The fourth-order valence-corrected chi connectivity index (χ4v) is 4.66. The third kappa shape index (κ3) is 3.39. The number of hydrogen-bond acceptors (Lipinski definition) is 3. The quantitative estimate of drug-likeness (QED) is 0.906. The van der Waals surface area contributed by atoms with E-state index in [9.17, 15) is 9.59 Å². The summed E-state index contributed by atoms with van der Waals surface area (Å²) < 4.78 is 0.938. The molecule has 4 heteroatoms. The van der Waals surface area contributed by atoms with Crippen molar-refractivity contribution in [2.24, 2.45) is 11.8 Å². The Morgan fingerprint density at radius 2 is 2.17 bits per heavy atom. The number of nitrogens with one attached hydrogen (secondary N) is 1. The molecule has 1 amide bonds. The van der Waals surface area contributed by atoms with Gasteiger partial charge in [0.1, 0.15) is 0 Å². The highest BCUT2D eigenvalue weighted by Crippen LogP contribution is 2.32. The van der Waals surface area contributed by atoms with Crippen LogP contribution in [0.4, 0.5) is 0 Å². The lowest BCUT2D eigenvalue weighted by Crippen LogP contribution is -2.27. The molecule has 1 N–H and O–H groups in total. The molecule has 1 heterocycles. The predicted octanol–water partition coefficient (Wildman–Crippen LogP) is 4.16. The minimum Gasteiger partial charge on any atom is -0.352 e. The summed E-state index contributed by atoms with van der Waals surface area (Å²) in [6, 6.07) is 5.48. The highest BCUT2D eigenvalue weighted by Gasteiger charge is 2.22. The molecular formula is C20H25NO2S. The van der Waals surface area contributed by atoms with Crippen molar-refractivity contribution < 1.29 is 4.79 Å². The number of fused-ring (bicyclic) bond motifs is 2. The molecule has 0 aliphatic heterocycles. The van der Waals surface area contributed by atoms with E-state index in [0.29, 0.717) is 23.9 Å². The van der Waals surface area contributed by atoms with Crippen molar-refractivity contribution in [2.45, 2.75) is 46.5 Å². The molecule has 1 unspecified atom stereocenters. The van der Waals surface area contributed by atoms with Crippen LogP contribution in [0.1, 0.15) is 54.4 Å². The molecule has 0 fully saturated rings. The van der Waals surface area contributed by atoms with E-state index in [2.05, 4.69) is 26.1 Å². The van der Waals surface area contributed by atoms with Gasteiger partial charge < -0.3 is 5.32 Å². The van der Waals surface area contributed by atoms with E-state index in [-0.39, 0.29) is 11.3 Å². The Kier molecular flexibility index (Phi) is 5.04. The Balaban J connectivity index is 1.98. The standard InChI is InChI=1S/C20H25NO2S/c1-4-13-5-7-15-17(9-13)24-18-10-14(6-8-16(18)19(15)22)20(23)21-11-12(2)3/h6,8,10,12-13H,4-5,7,9,11H2,1-3H3,(H,21,23). The zero-order chi connectivity index (χ0) is 17.3. The molecule has 0 saturated heterocycles. The minimum atomic E-state index is -0.0607. The summed E-state index contributed by atoms with van der Waals surface area (Å²) in [5.41, 5.74) is 1.82. The van der Waals surface area contributed by atoms with Gasteiger partial charge in [-0.2, -0.15) is 0 Å². The van der Waals surface area contributed by atoms with E-state index < -0.39 is 0 Å². The third-order valence-electron chi connectivity index (χ3n) is 4.86. The van der Waals surface area contributed by atoms with Crippen LogP contribution < -0.4 is 10.7 Å². The largest absolute Gasteiger partial charge is 0.352 e. The van der Waals surface area contributed by atoms with Crippen LogP contribution in [0.3, 0.4) is 0 Å². The van der Waals surface area contributed by atoms with Crippen LogP contribution in [0, 0.1) is 11.8 Å². The lowest BCUT2D eigenvalue weighted by Gasteiger charge is -2.22. The van der Waals surface area contributed by atoms with Crippen LogP contribution in [0.2, 0.25) is 0 Å². The first-order valence-corrected chi connectivity index (χ1v) is 9.68. The van der Waals surface area contributed by atoms with Crippen molar-refractivity contribution >= 4 is 27.3 Å². The number of rotatable bonds is 4. The summed E-state index contributed by atoms with van der Waals surface area (Å²) in [6.07, 6.45) is 4.18. The van der Waals surface area contributed by atoms with Crippen LogP contribution in [0.25, 0.3) is 10.1 Å². The second-order valence-corrected chi connectivity index (χ2v) is 8.30. The van der Waals surface area contributed by atoms with Crippen molar-refractivity contribution in [3.05, 3.63) is 44.4 Å². The Morgan fingerprint density at radius 3 is 2.88 bits per heavy atom. The average molecular weight is 343 g/mol. The van der Waals surface area contributed by atoms with Crippen LogP contribution in [-0.2, 0) is 12.8 Å². The summed E-state index contributed by atoms with van der Waals surface area (Å²) >= 11 is 1.70. The highest BCUT2D eigenvalue weighted by atomic mass is 32.1. The molecule has 24 heavy (non-hydrogen) atoms. The van der Waals surface area contributed by atoms with Gasteiger partial charge in [-0.15, -0.1) is 11.3 Å². The summed E-state index contributed by atoms with van der Waals surface area (Å²) in [5, 5.41) is 3.70. The fourth-order valence-electron chi connectivity index (χ4n) is 3.30. The Labute approximate surface area is 147 Å². The zero-order valence-corrected chi connectivity index (χ0v) is 15.5. The van der Waals surface area contributed by atoms with Crippen molar-refractivity contribution in [3.8, 4) is 0 Å². The molecule has 0 spiro atoms. The van der Waals surface area contributed by atoms with Crippen LogP contribution in [0.5, 0.6) is 0 Å². The van der Waals surface area contributed by atoms with Crippen molar-refractivity contribution in [1.82, 2.24) is 5.32 Å². The predicted molar refractivity (Wildman–Crippen MR) is 101 cm³/mol. The Bertz CT molecular complexity index is 822. The van der Waals surface area contributed by atoms with Gasteiger partial charge in [0, 0.05) is 32.6 Å². The molecule has 0 bridgehead atoms. The SMILES string of the molecule is CCC1CCc2c(sc3cc(C(=O)NCC(C)C)ccc3c2=O)C1. The molecule has 2 aromatic rings. The second-order valence-electron chi connectivity index (χ2n) is 7.16. The van der Waals surface area contributed by atoms with E-state index in [1.165, 1.54) is 4.88 Å². The number of benzene rings is 1. The molecule has 1 aliphatic rings. The van der Waals surface area contributed by atoms with Crippen molar-refractivity contribution in [2.75, 3.05) is 6.54 Å². The van der Waals surface area contributed by atoms with Gasteiger partial charge in [0.15, 0.2) is 5.43 Å². The minimum absolute atomic E-state index is 0.0607. The highest BCUT2D eigenvalue weighted by molar-refractivity contribution is 7.18. The summed E-state index contributed by atoms with van der Waals surface area (Å²) in [6.45, 7) is 7.03. The maximum atomic E-state index is 12.8. The van der Waals surface area contributed by atoms with Gasteiger partial charge in [-0.3, -0.25) is 9.59 Å². The lowest BCUT2D eigenvalue weighted by molar-refractivity contribution is 0.0949. The summed E-state index contributed by atoms with van der Waals surface area (Å²) in [5.74, 6) is 1.04. The number of amides is 1. The molecule has 1 aromatic heterocycles. The van der Waals surface area contributed by atoms with Gasteiger partial charge in [0.25, 0.3) is 5.91 Å². The average Bonchev–Trinajstić information content (AvgIpc) is 2.58. The van der Waals surface area contributed by atoms with Crippen molar-refractivity contribution in [1.29, 1.82) is 0 Å². The first-order valence-electron chi connectivity index (χ1n) is 8.86.